The van der Waals surface area contributed by atoms with Crippen LogP contribution in [0.2, 0.25) is 0 Å². The van der Waals surface area contributed by atoms with Gasteiger partial charge in [-0.3, -0.25) is 4.79 Å². The molecule has 0 radical (unpaired) electrons. The van der Waals surface area contributed by atoms with Crippen LogP contribution in [0.1, 0.15) is 18.9 Å². The number of hydrogen-bond donors (Lipinski definition) is 1. The maximum Gasteiger partial charge on any atom is 0.224 e. The van der Waals surface area contributed by atoms with E-state index in [2.05, 4.69) is 23.2 Å². The molecule has 18 heavy (non-hydrogen) atoms. The molecular formula is C14H20N2O2. The van der Waals surface area contributed by atoms with Gasteiger partial charge in [0.2, 0.25) is 5.91 Å². The third kappa shape index (κ3) is 3.01. The highest BCUT2D eigenvalue weighted by molar-refractivity contribution is 5.90. The van der Waals surface area contributed by atoms with Crippen LogP contribution in [0, 0.1) is 6.92 Å². The van der Waals surface area contributed by atoms with Crippen LogP contribution in [0.5, 0.6) is 0 Å². The standard InChI is InChI=1S/C14H20N2O2/c1-3-14(17)15-12-4-5-13(11(2)10-12)16-6-8-18-9-7-16/h4-5,10H,3,6-9H2,1-2H3,(H,15,17). The predicted molar refractivity (Wildman–Crippen MR) is 73.1 cm³/mol. The fourth-order valence-corrected chi connectivity index (χ4v) is 2.14. The predicted octanol–water partition coefficient (Wildman–Crippen LogP) is 2.18. The molecule has 1 aliphatic heterocycles. The lowest BCUT2D eigenvalue weighted by molar-refractivity contribution is -0.115. The van der Waals surface area contributed by atoms with Gasteiger partial charge in [-0.1, -0.05) is 6.92 Å². The third-order valence-corrected chi connectivity index (χ3v) is 3.15. The molecule has 1 heterocycles. The van der Waals surface area contributed by atoms with Crippen LogP contribution >= 0.6 is 0 Å². The van der Waals surface area contributed by atoms with Crippen molar-refractivity contribution in [3.8, 4) is 0 Å². The van der Waals surface area contributed by atoms with E-state index < -0.39 is 0 Å². The number of benzene rings is 1. The molecule has 1 aliphatic rings. The number of morpholine rings is 1. The Bertz CT molecular complexity index is 426. The second kappa shape index (κ2) is 5.87. The summed E-state index contributed by atoms with van der Waals surface area (Å²) in [6.07, 6.45) is 0.504. The molecule has 0 bridgehead atoms. The molecule has 0 spiro atoms. The number of hydrogen-bond acceptors (Lipinski definition) is 3. The van der Waals surface area contributed by atoms with Gasteiger partial charge >= 0.3 is 0 Å². The zero-order valence-corrected chi connectivity index (χ0v) is 11.0. The minimum absolute atomic E-state index is 0.0496. The molecule has 2 rings (SSSR count). The smallest absolute Gasteiger partial charge is 0.224 e. The zero-order valence-electron chi connectivity index (χ0n) is 11.0. The topological polar surface area (TPSA) is 41.6 Å². The summed E-state index contributed by atoms with van der Waals surface area (Å²) in [4.78, 5) is 13.7. The van der Waals surface area contributed by atoms with E-state index in [9.17, 15) is 4.79 Å². The zero-order chi connectivity index (χ0) is 13.0. The van der Waals surface area contributed by atoms with Gasteiger partial charge < -0.3 is 15.0 Å². The molecule has 1 fully saturated rings. The Labute approximate surface area is 108 Å². The Morgan fingerprint density at radius 3 is 2.72 bits per heavy atom. The number of anilines is 2. The van der Waals surface area contributed by atoms with Crippen LogP contribution in [0.3, 0.4) is 0 Å². The molecule has 4 heteroatoms. The average Bonchev–Trinajstić information content (AvgIpc) is 2.40. The third-order valence-electron chi connectivity index (χ3n) is 3.15. The van der Waals surface area contributed by atoms with Crippen molar-refractivity contribution in [1.29, 1.82) is 0 Å². The number of carbonyl (C=O) groups is 1. The van der Waals surface area contributed by atoms with Crippen LogP contribution in [0.15, 0.2) is 18.2 Å². The Balaban J connectivity index is 2.11. The maximum atomic E-state index is 11.3. The average molecular weight is 248 g/mol. The molecule has 1 aromatic carbocycles. The lowest BCUT2D eigenvalue weighted by atomic mass is 10.1. The van der Waals surface area contributed by atoms with Crippen LogP contribution in [-0.2, 0) is 9.53 Å². The molecule has 98 valence electrons. The van der Waals surface area contributed by atoms with Crippen molar-refractivity contribution in [2.24, 2.45) is 0 Å². The molecule has 1 saturated heterocycles. The van der Waals surface area contributed by atoms with E-state index >= 15 is 0 Å². The molecule has 0 aliphatic carbocycles. The summed E-state index contributed by atoms with van der Waals surface area (Å²) in [6, 6.07) is 6.07. The van der Waals surface area contributed by atoms with Gasteiger partial charge in [-0.15, -0.1) is 0 Å². The van der Waals surface area contributed by atoms with E-state index in [1.54, 1.807) is 0 Å². The van der Waals surface area contributed by atoms with Crippen molar-refractivity contribution >= 4 is 17.3 Å². The van der Waals surface area contributed by atoms with Crippen LogP contribution in [-0.4, -0.2) is 32.2 Å². The number of amides is 1. The van der Waals surface area contributed by atoms with Gasteiger partial charge in [0, 0.05) is 30.9 Å². The van der Waals surface area contributed by atoms with Crippen LogP contribution in [0.25, 0.3) is 0 Å². The molecule has 4 nitrogen and oxygen atoms in total. The minimum atomic E-state index is 0.0496. The molecule has 0 unspecified atom stereocenters. The molecule has 1 N–H and O–H groups in total. The first-order valence-corrected chi connectivity index (χ1v) is 6.44. The van der Waals surface area contributed by atoms with Gasteiger partial charge in [0.25, 0.3) is 0 Å². The summed E-state index contributed by atoms with van der Waals surface area (Å²) in [5.41, 5.74) is 3.29. The maximum absolute atomic E-state index is 11.3. The van der Waals surface area contributed by atoms with E-state index in [-0.39, 0.29) is 5.91 Å². The second-order valence-corrected chi connectivity index (χ2v) is 4.50. The first kappa shape index (κ1) is 12.9. The molecule has 1 aromatic rings. The van der Waals surface area contributed by atoms with Gasteiger partial charge in [-0.25, -0.2) is 0 Å². The fourth-order valence-electron chi connectivity index (χ4n) is 2.14. The monoisotopic (exact) mass is 248 g/mol. The lowest BCUT2D eigenvalue weighted by Gasteiger charge is -2.30. The van der Waals surface area contributed by atoms with Crippen molar-refractivity contribution in [1.82, 2.24) is 0 Å². The number of carbonyl (C=O) groups excluding carboxylic acids is 1. The highest BCUT2D eigenvalue weighted by Gasteiger charge is 2.13. The van der Waals surface area contributed by atoms with E-state index in [1.807, 2.05) is 19.1 Å². The Hall–Kier alpha value is -1.55. The molecule has 0 atom stereocenters. The van der Waals surface area contributed by atoms with Crippen molar-refractivity contribution in [3.63, 3.8) is 0 Å². The first-order chi connectivity index (χ1) is 8.70. The molecule has 0 aromatic heterocycles. The number of aryl methyl sites for hydroxylation is 1. The van der Waals surface area contributed by atoms with Gasteiger partial charge in [0.15, 0.2) is 0 Å². The Morgan fingerprint density at radius 1 is 1.39 bits per heavy atom. The molecule has 0 saturated carbocycles. The fraction of sp³-hybridized carbons (Fsp3) is 0.500. The highest BCUT2D eigenvalue weighted by Crippen LogP contribution is 2.24. The number of rotatable bonds is 3. The first-order valence-electron chi connectivity index (χ1n) is 6.44. The lowest BCUT2D eigenvalue weighted by Crippen LogP contribution is -2.36. The highest BCUT2D eigenvalue weighted by atomic mass is 16.5. The summed E-state index contributed by atoms with van der Waals surface area (Å²) < 4.78 is 5.35. The van der Waals surface area contributed by atoms with Gasteiger partial charge in [0.05, 0.1) is 13.2 Å². The van der Waals surface area contributed by atoms with Crippen molar-refractivity contribution in [3.05, 3.63) is 23.8 Å². The van der Waals surface area contributed by atoms with Gasteiger partial charge in [-0.2, -0.15) is 0 Å². The van der Waals surface area contributed by atoms with Crippen molar-refractivity contribution in [2.75, 3.05) is 36.5 Å². The summed E-state index contributed by atoms with van der Waals surface area (Å²) in [5, 5.41) is 2.88. The van der Waals surface area contributed by atoms with Gasteiger partial charge in [-0.05, 0) is 30.7 Å². The largest absolute Gasteiger partial charge is 0.378 e. The molecule has 1 amide bonds. The number of nitrogens with one attached hydrogen (secondary N) is 1. The van der Waals surface area contributed by atoms with E-state index in [0.717, 1.165) is 32.0 Å². The van der Waals surface area contributed by atoms with Crippen LogP contribution < -0.4 is 10.2 Å². The quantitative estimate of drug-likeness (QED) is 0.891. The Kier molecular flexibility index (Phi) is 4.20. The van der Waals surface area contributed by atoms with E-state index in [1.165, 1.54) is 11.3 Å². The Morgan fingerprint density at radius 2 is 2.11 bits per heavy atom. The molecular weight excluding hydrogens is 228 g/mol. The van der Waals surface area contributed by atoms with Gasteiger partial charge in [0.1, 0.15) is 0 Å². The summed E-state index contributed by atoms with van der Waals surface area (Å²) >= 11 is 0. The normalized spacial score (nSPS) is 15.6. The van der Waals surface area contributed by atoms with Crippen LogP contribution in [0.4, 0.5) is 11.4 Å². The summed E-state index contributed by atoms with van der Waals surface area (Å²) in [6.45, 7) is 7.36. The van der Waals surface area contributed by atoms with E-state index in [4.69, 9.17) is 4.74 Å². The summed E-state index contributed by atoms with van der Waals surface area (Å²) in [5.74, 6) is 0.0496. The minimum Gasteiger partial charge on any atom is -0.378 e. The van der Waals surface area contributed by atoms with Crippen molar-refractivity contribution in [2.45, 2.75) is 20.3 Å². The second-order valence-electron chi connectivity index (χ2n) is 4.50. The SMILES string of the molecule is CCC(=O)Nc1ccc(N2CCOCC2)c(C)c1. The number of nitrogens with zero attached hydrogens (tertiary/aromatic N) is 1. The van der Waals surface area contributed by atoms with Crippen molar-refractivity contribution < 1.29 is 9.53 Å². The summed E-state index contributed by atoms with van der Waals surface area (Å²) in [7, 11) is 0. The van der Waals surface area contributed by atoms with E-state index in [0.29, 0.717) is 6.42 Å². The number of ether oxygens (including phenoxy) is 1.